The summed E-state index contributed by atoms with van der Waals surface area (Å²) in [6.45, 7) is 5.65. The van der Waals surface area contributed by atoms with E-state index in [0.717, 1.165) is 12.8 Å². The lowest BCUT2D eigenvalue weighted by Gasteiger charge is -2.19. The molecule has 4 N–H and O–H groups in total. The molecule has 0 aliphatic carbocycles. The van der Waals surface area contributed by atoms with Crippen LogP contribution in [0.15, 0.2) is 0 Å². The van der Waals surface area contributed by atoms with Crippen molar-refractivity contribution in [3.63, 3.8) is 0 Å². The summed E-state index contributed by atoms with van der Waals surface area (Å²) in [5.41, 5.74) is 5.69. The third kappa shape index (κ3) is 4.58. The average Bonchev–Trinajstić information content (AvgIpc) is 2.80. The van der Waals surface area contributed by atoms with Gasteiger partial charge in [-0.15, -0.1) is 22.6 Å². The predicted octanol–water partition coefficient (Wildman–Crippen LogP) is 0.562. The number of nitrogens with two attached hydrogens (primary N) is 1. The number of H-pyrrole nitrogens is 1. The number of halogens is 1. The highest BCUT2D eigenvalue weighted by Crippen LogP contribution is 2.14. The highest BCUT2D eigenvalue weighted by atomic mass is 35.5. The van der Waals surface area contributed by atoms with Crippen LogP contribution in [0.3, 0.4) is 0 Å². The Morgan fingerprint density at radius 2 is 2.17 bits per heavy atom. The van der Waals surface area contributed by atoms with Crippen LogP contribution in [0.4, 0.5) is 0 Å². The Labute approximate surface area is 113 Å². The zero-order valence-corrected chi connectivity index (χ0v) is 11.7. The van der Waals surface area contributed by atoms with Crippen LogP contribution in [0.25, 0.3) is 0 Å². The molecule has 104 valence electrons. The number of aromatic nitrogens is 4. The van der Waals surface area contributed by atoms with E-state index in [4.69, 9.17) is 5.73 Å². The van der Waals surface area contributed by atoms with Gasteiger partial charge >= 0.3 is 0 Å². The number of carbonyl (C=O) groups excluding carboxylic acids is 1. The van der Waals surface area contributed by atoms with E-state index in [9.17, 15) is 4.79 Å². The Hall–Kier alpha value is -1.21. The predicted molar refractivity (Wildman–Crippen MR) is 70.0 cm³/mol. The molecular weight excluding hydrogens is 256 g/mol. The van der Waals surface area contributed by atoms with Gasteiger partial charge in [0.2, 0.25) is 5.91 Å². The Morgan fingerprint density at radius 3 is 2.61 bits per heavy atom. The minimum absolute atomic E-state index is 0. The maximum atomic E-state index is 11.9. The minimum atomic E-state index is -0.235. The van der Waals surface area contributed by atoms with E-state index >= 15 is 0 Å². The van der Waals surface area contributed by atoms with E-state index in [1.54, 1.807) is 6.92 Å². The van der Waals surface area contributed by atoms with Crippen molar-refractivity contribution in [2.24, 2.45) is 11.7 Å². The summed E-state index contributed by atoms with van der Waals surface area (Å²) < 4.78 is 0. The maximum absolute atomic E-state index is 11.9. The van der Waals surface area contributed by atoms with Gasteiger partial charge in [-0.1, -0.05) is 25.5 Å². The molecule has 0 aliphatic heterocycles. The number of amides is 1. The van der Waals surface area contributed by atoms with Crippen molar-refractivity contribution in [2.75, 3.05) is 0 Å². The number of aromatic amines is 1. The molecule has 1 aromatic heterocycles. The van der Waals surface area contributed by atoms with Gasteiger partial charge in [-0.3, -0.25) is 4.79 Å². The molecule has 8 heteroatoms. The summed E-state index contributed by atoms with van der Waals surface area (Å²) in [7, 11) is 0. The van der Waals surface area contributed by atoms with E-state index in [2.05, 4.69) is 25.9 Å². The van der Waals surface area contributed by atoms with Crippen molar-refractivity contribution < 1.29 is 4.79 Å². The second-order valence-electron chi connectivity index (χ2n) is 4.27. The van der Waals surface area contributed by atoms with Crippen molar-refractivity contribution in [1.29, 1.82) is 0 Å². The molecule has 1 aromatic rings. The van der Waals surface area contributed by atoms with Crippen molar-refractivity contribution >= 4 is 18.3 Å². The standard InChI is InChI=1S/C10H20N6O.ClH/c1-4-5-8(9-13-15-16-14-9)12-10(17)6(2)7(3)11;/h6-8H,4-5,11H2,1-3H3,(H,12,17)(H,13,14,15,16);1H. The molecule has 3 unspecified atom stereocenters. The molecule has 0 spiro atoms. The Kier molecular flexibility index (Phi) is 7.45. The molecule has 3 atom stereocenters. The normalized spacial score (nSPS) is 15.3. The van der Waals surface area contributed by atoms with Gasteiger partial charge in [0, 0.05) is 12.0 Å². The molecule has 0 fully saturated rings. The SMILES string of the molecule is CCCC(NC(=O)C(C)C(C)N)c1nn[nH]n1.Cl. The molecule has 0 saturated carbocycles. The van der Waals surface area contributed by atoms with Crippen molar-refractivity contribution in [3.05, 3.63) is 5.82 Å². The summed E-state index contributed by atoms with van der Waals surface area (Å²) >= 11 is 0. The highest BCUT2D eigenvalue weighted by Gasteiger charge is 2.23. The molecule has 0 bridgehead atoms. The van der Waals surface area contributed by atoms with Gasteiger partial charge in [0.15, 0.2) is 5.82 Å². The Balaban J connectivity index is 0.00000289. The molecule has 0 radical (unpaired) electrons. The molecule has 1 heterocycles. The third-order valence-corrected chi connectivity index (χ3v) is 2.77. The largest absolute Gasteiger partial charge is 0.346 e. The molecular formula is C10H21ClN6O. The summed E-state index contributed by atoms with van der Waals surface area (Å²) in [5.74, 6) is 0.196. The van der Waals surface area contributed by atoms with Crippen LogP contribution in [0.1, 0.15) is 45.5 Å². The Morgan fingerprint density at radius 1 is 1.50 bits per heavy atom. The molecule has 1 rings (SSSR count). The van der Waals surface area contributed by atoms with Gasteiger partial charge in [-0.25, -0.2) is 0 Å². The first kappa shape index (κ1) is 16.8. The molecule has 18 heavy (non-hydrogen) atoms. The van der Waals surface area contributed by atoms with Crippen LogP contribution < -0.4 is 11.1 Å². The minimum Gasteiger partial charge on any atom is -0.346 e. The fourth-order valence-corrected chi connectivity index (χ4v) is 1.41. The lowest BCUT2D eigenvalue weighted by atomic mass is 10.0. The van der Waals surface area contributed by atoms with Crippen LogP contribution in [0.2, 0.25) is 0 Å². The first-order valence-electron chi connectivity index (χ1n) is 5.85. The monoisotopic (exact) mass is 276 g/mol. The van der Waals surface area contributed by atoms with E-state index in [1.165, 1.54) is 0 Å². The van der Waals surface area contributed by atoms with Gasteiger partial charge in [0.05, 0.1) is 6.04 Å². The van der Waals surface area contributed by atoms with Crippen LogP contribution in [0.5, 0.6) is 0 Å². The van der Waals surface area contributed by atoms with E-state index in [1.807, 2.05) is 13.8 Å². The molecule has 0 saturated heterocycles. The number of carbonyl (C=O) groups is 1. The second kappa shape index (κ2) is 7.99. The fourth-order valence-electron chi connectivity index (χ4n) is 1.41. The van der Waals surface area contributed by atoms with Gasteiger partial charge in [0.25, 0.3) is 0 Å². The van der Waals surface area contributed by atoms with Crippen molar-refractivity contribution in [2.45, 2.75) is 45.7 Å². The summed E-state index contributed by atoms with van der Waals surface area (Å²) in [4.78, 5) is 11.9. The third-order valence-electron chi connectivity index (χ3n) is 2.77. The maximum Gasteiger partial charge on any atom is 0.224 e. The van der Waals surface area contributed by atoms with Gasteiger partial charge in [-0.2, -0.15) is 5.21 Å². The zero-order valence-electron chi connectivity index (χ0n) is 10.9. The summed E-state index contributed by atoms with van der Waals surface area (Å²) in [5, 5.41) is 16.6. The highest BCUT2D eigenvalue weighted by molar-refractivity contribution is 5.85. The summed E-state index contributed by atoms with van der Waals surface area (Å²) in [6, 6.07) is -0.380. The molecule has 0 aliphatic rings. The number of nitrogens with one attached hydrogen (secondary N) is 2. The molecule has 7 nitrogen and oxygen atoms in total. The number of hydrogen-bond donors (Lipinski definition) is 3. The van der Waals surface area contributed by atoms with E-state index < -0.39 is 0 Å². The first-order valence-corrected chi connectivity index (χ1v) is 5.85. The van der Waals surface area contributed by atoms with Gasteiger partial charge in [0.1, 0.15) is 0 Å². The van der Waals surface area contributed by atoms with Crippen molar-refractivity contribution in [1.82, 2.24) is 25.9 Å². The smallest absolute Gasteiger partial charge is 0.224 e. The van der Waals surface area contributed by atoms with E-state index in [0.29, 0.717) is 5.82 Å². The second-order valence-corrected chi connectivity index (χ2v) is 4.27. The van der Waals surface area contributed by atoms with Crippen molar-refractivity contribution in [3.8, 4) is 0 Å². The number of nitrogens with zero attached hydrogens (tertiary/aromatic N) is 3. The number of hydrogen-bond acceptors (Lipinski definition) is 5. The quantitative estimate of drug-likeness (QED) is 0.703. The lowest BCUT2D eigenvalue weighted by Crippen LogP contribution is -2.40. The van der Waals surface area contributed by atoms with Gasteiger partial charge < -0.3 is 11.1 Å². The van der Waals surface area contributed by atoms with Crippen LogP contribution in [0, 0.1) is 5.92 Å². The van der Waals surface area contributed by atoms with Gasteiger partial charge in [-0.05, 0) is 13.3 Å². The molecule has 1 amide bonds. The van der Waals surface area contributed by atoms with Crippen LogP contribution >= 0.6 is 12.4 Å². The average molecular weight is 277 g/mol. The van der Waals surface area contributed by atoms with Crippen LogP contribution in [-0.2, 0) is 4.79 Å². The van der Waals surface area contributed by atoms with Crippen LogP contribution in [-0.4, -0.2) is 32.6 Å². The topological polar surface area (TPSA) is 110 Å². The lowest BCUT2D eigenvalue weighted by molar-refractivity contribution is -0.125. The fraction of sp³-hybridized carbons (Fsp3) is 0.800. The molecule has 0 aromatic carbocycles. The zero-order chi connectivity index (χ0) is 12.8. The number of tetrazole rings is 1. The van der Waals surface area contributed by atoms with E-state index in [-0.39, 0.29) is 36.3 Å². The Bertz CT molecular complexity index is 342. The first-order chi connectivity index (χ1) is 8.06. The number of rotatable bonds is 6. The summed E-state index contributed by atoms with van der Waals surface area (Å²) in [6.07, 6.45) is 1.70.